The van der Waals surface area contributed by atoms with E-state index < -0.39 is 0 Å². The standard InChI is InChI=1S/C16H19ClN4/c1-13-11-18-16(17)19-15(13)21-9-7-20(8-10-21)12-14-5-3-2-4-6-14/h2-6,11H,7-10,12H2,1H3. The lowest BCUT2D eigenvalue weighted by Gasteiger charge is -2.36. The number of hydrogen-bond acceptors (Lipinski definition) is 4. The molecule has 2 aromatic rings. The minimum atomic E-state index is 0.322. The Bertz CT molecular complexity index is 594. The van der Waals surface area contributed by atoms with Crippen LogP contribution >= 0.6 is 11.6 Å². The monoisotopic (exact) mass is 302 g/mol. The van der Waals surface area contributed by atoms with Crippen LogP contribution < -0.4 is 4.90 Å². The van der Waals surface area contributed by atoms with Gasteiger partial charge in [-0.3, -0.25) is 4.90 Å². The molecule has 0 atom stereocenters. The maximum absolute atomic E-state index is 5.91. The molecule has 1 aromatic heterocycles. The molecule has 3 rings (SSSR count). The van der Waals surface area contributed by atoms with Crippen molar-refractivity contribution in [2.45, 2.75) is 13.5 Å². The van der Waals surface area contributed by atoms with Gasteiger partial charge in [0.25, 0.3) is 0 Å². The van der Waals surface area contributed by atoms with Gasteiger partial charge in [0, 0.05) is 44.5 Å². The van der Waals surface area contributed by atoms with Crippen LogP contribution in [0.4, 0.5) is 5.82 Å². The summed E-state index contributed by atoms with van der Waals surface area (Å²) in [6.07, 6.45) is 1.79. The summed E-state index contributed by atoms with van der Waals surface area (Å²) >= 11 is 5.91. The topological polar surface area (TPSA) is 32.3 Å². The minimum absolute atomic E-state index is 0.322. The van der Waals surface area contributed by atoms with Gasteiger partial charge >= 0.3 is 0 Å². The van der Waals surface area contributed by atoms with E-state index in [1.165, 1.54) is 5.56 Å². The summed E-state index contributed by atoms with van der Waals surface area (Å²) in [7, 11) is 0. The number of piperazine rings is 1. The average molecular weight is 303 g/mol. The second-order valence-electron chi connectivity index (χ2n) is 5.39. The molecule has 0 amide bonds. The first-order valence-corrected chi connectivity index (χ1v) is 7.60. The first-order valence-electron chi connectivity index (χ1n) is 7.23. The molecule has 1 aliphatic heterocycles. The Kier molecular flexibility index (Phi) is 4.36. The third-order valence-electron chi connectivity index (χ3n) is 3.84. The second kappa shape index (κ2) is 6.41. The molecule has 0 saturated carbocycles. The fourth-order valence-corrected chi connectivity index (χ4v) is 2.82. The van der Waals surface area contributed by atoms with Crippen molar-refractivity contribution in [3.8, 4) is 0 Å². The summed E-state index contributed by atoms with van der Waals surface area (Å²) in [5, 5.41) is 0.322. The van der Waals surface area contributed by atoms with E-state index in [1.807, 2.05) is 6.92 Å². The molecule has 0 radical (unpaired) electrons. The zero-order valence-electron chi connectivity index (χ0n) is 12.2. The van der Waals surface area contributed by atoms with E-state index >= 15 is 0 Å². The van der Waals surface area contributed by atoms with Gasteiger partial charge in [0.2, 0.25) is 5.28 Å². The third kappa shape index (κ3) is 3.52. The molecule has 1 aliphatic rings. The van der Waals surface area contributed by atoms with Gasteiger partial charge in [-0.15, -0.1) is 0 Å². The van der Waals surface area contributed by atoms with Gasteiger partial charge in [0.15, 0.2) is 0 Å². The summed E-state index contributed by atoms with van der Waals surface area (Å²) in [6, 6.07) is 10.6. The Morgan fingerprint density at radius 1 is 1.10 bits per heavy atom. The van der Waals surface area contributed by atoms with Gasteiger partial charge in [0.1, 0.15) is 5.82 Å². The molecule has 2 heterocycles. The lowest BCUT2D eigenvalue weighted by atomic mass is 10.2. The van der Waals surface area contributed by atoms with Crippen molar-refractivity contribution in [2.24, 2.45) is 0 Å². The van der Waals surface area contributed by atoms with Gasteiger partial charge in [-0.2, -0.15) is 0 Å². The van der Waals surface area contributed by atoms with E-state index in [4.69, 9.17) is 11.6 Å². The average Bonchev–Trinajstić information content (AvgIpc) is 2.52. The number of halogens is 1. The molecule has 0 spiro atoms. The van der Waals surface area contributed by atoms with E-state index in [0.29, 0.717) is 5.28 Å². The molecular weight excluding hydrogens is 284 g/mol. The zero-order chi connectivity index (χ0) is 14.7. The fraction of sp³-hybridized carbons (Fsp3) is 0.375. The van der Waals surface area contributed by atoms with E-state index in [2.05, 4.69) is 50.1 Å². The third-order valence-corrected chi connectivity index (χ3v) is 4.02. The number of aryl methyl sites for hydroxylation is 1. The molecule has 0 aliphatic carbocycles. The second-order valence-corrected chi connectivity index (χ2v) is 5.73. The van der Waals surface area contributed by atoms with Crippen LogP contribution in [0.3, 0.4) is 0 Å². The molecule has 4 nitrogen and oxygen atoms in total. The van der Waals surface area contributed by atoms with Crippen LogP contribution in [-0.4, -0.2) is 41.0 Å². The summed E-state index contributed by atoms with van der Waals surface area (Å²) in [5.41, 5.74) is 2.45. The number of aromatic nitrogens is 2. The smallest absolute Gasteiger partial charge is 0.224 e. The van der Waals surface area contributed by atoms with E-state index in [0.717, 1.165) is 44.1 Å². The number of benzene rings is 1. The van der Waals surface area contributed by atoms with E-state index in [9.17, 15) is 0 Å². The predicted octanol–water partition coefficient (Wildman–Crippen LogP) is 2.76. The fourth-order valence-electron chi connectivity index (χ4n) is 2.69. The summed E-state index contributed by atoms with van der Waals surface area (Å²) in [5.74, 6) is 0.967. The first kappa shape index (κ1) is 14.3. The van der Waals surface area contributed by atoms with Crippen molar-refractivity contribution in [2.75, 3.05) is 31.1 Å². The Hall–Kier alpha value is -1.65. The van der Waals surface area contributed by atoms with Crippen LogP contribution in [0.1, 0.15) is 11.1 Å². The zero-order valence-corrected chi connectivity index (χ0v) is 12.9. The van der Waals surface area contributed by atoms with Crippen LogP contribution in [0.5, 0.6) is 0 Å². The molecule has 0 unspecified atom stereocenters. The number of hydrogen-bond donors (Lipinski definition) is 0. The van der Waals surface area contributed by atoms with E-state index in [1.54, 1.807) is 6.20 Å². The highest BCUT2D eigenvalue weighted by molar-refractivity contribution is 6.28. The SMILES string of the molecule is Cc1cnc(Cl)nc1N1CCN(Cc2ccccc2)CC1. The highest BCUT2D eigenvalue weighted by atomic mass is 35.5. The van der Waals surface area contributed by atoms with Gasteiger partial charge in [-0.1, -0.05) is 30.3 Å². The normalized spacial score (nSPS) is 16.2. The number of anilines is 1. The van der Waals surface area contributed by atoms with Gasteiger partial charge < -0.3 is 4.90 Å². The van der Waals surface area contributed by atoms with Crippen molar-refractivity contribution in [3.63, 3.8) is 0 Å². The quantitative estimate of drug-likeness (QED) is 0.816. The van der Waals surface area contributed by atoms with Crippen molar-refractivity contribution in [1.29, 1.82) is 0 Å². The molecule has 1 saturated heterocycles. The molecule has 1 aromatic carbocycles. The minimum Gasteiger partial charge on any atom is -0.354 e. The lowest BCUT2D eigenvalue weighted by Crippen LogP contribution is -2.46. The van der Waals surface area contributed by atoms with Crippen LogP contribution in [-0.2, 0) is 6.54 Å². The Morgan fingerprint density at radius 3 is 2.52 bits per heavy atom. The molecule has 0 bridgehead atoms. The highest BCUT2D eigenvalue weighted by Crippen LogP contribution is 2.20. The van der Waals surface area contributed by atoms with Crippen LogP contribution in [0.25, 0.3) is 0 Å². The van der Waals surface area contributed by atoms with Crippen LogP contribution in [0, 0.1) is 6.92 Å². The molecule has 110 valence electrons. The highest BCUT2D eigenvalue weighted by Gasteiger charge is 2.19. The van der Waals surface area contributed by atoms with Gasteiger partial charge in [-0.25, -0.2) is 9.97 Å². The van der Waals surface area contributed by atoms with Gasteiger partial charge in [0.05, 0.1) is 0 Å². The maximum atomic E-state index is 5.91. The maximum Gasteiger partial charge on any atom is 0.224 e. The Balaban J connectivity index is 1.61. The number of rotatable bonds is 3. The van der Waals surface area contributed by atoms with Crippen molar-refractivity contribution in [1.82, 2.24) is 14.9 Å². The number of nitrogens with zero attached hydrogens (tertiary/aromatic N) is 4. The summed E-state index contributed by atoms with van der Waals surface area (Å²) < 4.78 is 0. The molecule has 5 heteroatoms. The summed E-state index contributed by atoms with van der Waals surface area (Å²) in [4.78, 5) is 13.2. The van der Waals surface area contributed by atoms with Crippen LogP contribution in [0.2, 0.25) is 5.28 Å². The van der Waals surface area contributed by atoms with E-state index in [-0.39, 0.29) is 0 Å². The van der Waals surface area contributed by atoms with Crippen molar-refractivity contribution in [3.05, 3.63) is 52.9 Å². The molecule has 1 fully saturated rings. The Morgan fingerprint density at radius 2 is 1.81 bits per heavy atom. The molecule has 0 N–H and O–H groups in total. The van der Waals surface area contributed by atoms with Crippen LogP contribution in [0.15, 0.2) is 36.5 Å². The predicted molar refractivity (Wildman–Crippen MR) is 85.7 cm³/mol. The summed E-state index contributed by atoms with van der Waals surface area (Å²) in [6.45, 7) is 7.06. The molecular formula is C16H19ClN4. The first-order chi connectivity index (χ1) is 10.2. The lowest BCUT2D eigenvalue weighted by molar-refractivity contribution is 0.249. The van der Waals surface area contributed by atoms with Gasteiger partial charge in [-0.05, 0) is 24.1 Å². The largest absolute Gasteiger partial charge is 0.354 e. The van der Waals surface area contributed by atoms with Crippen molar-refractivity contribution < 1.29 is 0 Å². The molecule has 21 heavy (non-hydrogen) atoms. The Labute approximate surface area is 130 Å². The van der Waals surface area contributed by atoms with Crippen molar-refractivity contribution >= 4 is 17.4 Å².